The molecule has 1 aromatic carbocycles. The van der Waals surface area contributed by atoms with Crippen LogP contribution in [0.15, 0.2) is 18.2 Å². The van der Waals surface area contributed by atoms with Gasteiger partial charge in [-0.2, -0.15) is 0 Å². The van der Waals surface area contributed by atoms with Crippen LogP contribution in [0.3, 0.4) is 0 Å². The molecule has 1 fully saturated rings. The van der Waals surface area contributed by atoms with E-state index in [1.807, 2.05) is 12.1 Å². The zero-order valence-corrected chi connectivity index (χ0v) is 14.7. The number of benzene rings is 1. The molecule has 6 heteroatoms. The predicted molar refractivity (Wildman–Crippen MR) is 96.7 cm³/mol. The third-order valence-electron chi connectivity index (χ3n) is 5.50. The molecule has 1 aliphatic heterocycles. The number of fused-ring (bicyclic) bond motifs is 1. The molecule has 0 amide bonds. The normalized spacial score (nSPS) is 25.9. The van der Waals surface area contributed by atoms with E-state index in [1.165, 1.54) is 6.92 Å². The second kappa shape index (κ2) is 7.71. The Bertz CT molecular complexity index is 655. The summed E-state index contributed by atoms with van der Waals surface area (Å²) in [6.45, 7) is 1.48. The summed E-state index contributed by atoms with van der Waals surface area (Å²) in [5.74, 6) is 0.722. The van der Waals surface area contributed by atoms with Crippen LogP contribution in [0.4, 0.5) is 0 Å². The van der Waals surface area contributed by atoms with E-state index in [9.17, 15) is 14.6 Å². The van der Waals surface area contributed by atoms with Gasteiger partial charge in [0.15, 0.2) is 5.78 Å². The SMILES string of the molecule is CC(=O)c1cccc2c1OB(O)[C@@H](CC(=O)CC1CCC(N)CC1)C2. The third-order valence-corrected chi connectivity index (χ3v) is 5.50. The molecule has 0 bridgehead atoms. The van der Waals surface area contributed by atoms with E-state index >= 15 is 0 Å². The number of para-hydroxylation sites is 1. The van der Waals surface area contributed by atoms with E-state index in [0.717, 1.165) is 31.2 Å². The van der Waals surface area contributed by atoms with Crippen LogP contribution in [0.25, 0.3) is 0 Å². The van der Waals surface area contributed by atoms with Crippen LogP contribution in [0, 0.1) is 5.92 Å². The summed E-state index contributed by atoms with van der Waals surface area (Å²) >= 11 is 0. The number of hydrogen-bond donors (Lipinski definition) is 2. The Kier molecular flexibility index (Phi) is 5.59. The Labute approximate surface area is 149 Å². The van der Waals surface area contributed by atoms with E-state index in [-0.39, 0.29) is 23.4 Å². The van der Waals surface area contributed by atoms with Gasteiger partial charge >= 0.3 is 7.12 Å². The molecule has 0 radical (unpaired) electrons. The fraction of sp³-hybridized carbons (Fsp3) is 0.579. The highest BCUT2D eigenvalue weighted by molar-refractivity contribution is 6.47. The monoisotopic (exact) mass is 343 g/mol. The van der Waals surface area contributed by atoms with Gasteiger partial charge in [-0.3, -0.25) is 9.59 Å². The molecule has 0 aromatic heterocycles. The maximum atomic E-state index is 12.4. The lowest BCUT2D eigenvalue weighted by Crippen LogP contribution is -2.36. The van der Waals surface area contributed by atoms with Crippen molar-refractivity contribution < 1.29 is 19.3 Å². The molecule has 0 unspecified atom stereocenters. The van der Waals surface area contributed by atoms with Crippen LogP contribution in [-0.2, 0) is 11.2 Å². The van der Waals surface area contributed by atoms with Gasteiger partial charge in [0.2, 0.25) is 0 Å². The van der Waals surface area contributed by atoms with Gasteiger partial charge in [0.1, 0.15) is 11.5 Å². The van der Waals surface area contributed by atoms with Gasteiger partial charge in [0.25, 0.3) is 0 Å². The van der Waals surface area contributed by atoms with Crippen molar-refractivity contribution in [3.8, 4) is 5.75 Å². The summed E-state index contributed by atoms with van der Waals surface area (Å²) in [5.41, 5.74) is 7.29. The van der Waals surface area contributed by atoms with E-state index in [0.29, 0.717) is 36.5 Å². The Morgan fingerprint density at radius 2 is 1.96 bits per heavy atom. The minimum absolute atomic E-state index is 0.0888. The minimum atomic E-state index is -1.04. The number of hydrogen-bond acceptors (Lipinski definition) is 5. The summed E-state index contributed by atoms with van der Waals surface area (Å²) in [4.78, 5) is 24.1. The minimum Gasteiger partial charge on any atom is -0.535 e. The van der Waals surface area contributed by atoms with E-state index < -0.39 is 7.12 Å². The fourth-order valence-corrected chi connectivity index (χ4v) is 4.03. The van der Waals surface area contributed by atoms with Gasteiger partial charge in [0, 0.05) is 24.7 Å². The molecule has 5 nitrogen and oxygen atoms in total. The lowest BCUT2D eigenvalue weighted by molar-refractivity contribution is -0.120. The number of nitrogens with two attached hydrogens (primary N) is 1. The van der Waals surface area contributed by atoms with Crippen molar-refractivity contribution in [3.05, 3.63) is 29.3 Å². The summed E-state index contributed by atoms with van der Waals surface area (Å²) in [7, 11) is -1.04. The van der Waals surface area contributed by atoms with Crippen molar-refractivity contribution in [2.45, 2.75) is 63.7 Å². The Morgan fingerprint density at radius 1 is 1.24 bits per heavy atom. The first-order valence-electron chi connectivity index (χ1n) is 9.19. The molecular weight excluding hydrogens is 317 g/mol. The quantitative estimate of drug-likeness (QED) is 0.633. The molecule has 1 aromatic rings. The molecule has 0 saturated heterocycles. The molecule has 2 aliphatic rings. The molecule has 1 atom stereocenters. The first-order valence-corrected chi connectivity index (χ1v) is 9.19. The Morgan fingerprint density at radius 3 is 2.64 bits per heavy atom. The maximum Gasteiger partial charge on any atom is 0.526 e. The predicted octanol–water partition coefficient (Wildman–Crippen LogP) is 2.54. The van der Waals surface area contributed by atoms with Crippen molar-refractivity contribution in [3.63, 3.8) is 0 Å². The Balaban J connectivity index is 1.61. The maximum absolute atomic E-state index is 12.4. The molecular formula is C19H26BNO4. The van der Waals surface area contributed by atoms with Crippen LogP contribution >= 0.6 is 0 Å². The van der Waals surface area contributed by atoms with Gasteiger partial charge in [-0.05, 0) is 56.6 Å². The highest BCUT2D eigenvalue weighted by atomic mass is 16.5. The number of rotatable bonds is 5. The second-order valence-electron chi connectivity index (χ2n) is 7.55. The number of carbonyl (C=O) groups is 2. The summed E-state index contributed by atoms with van der Waals surface area (Å²) < 4.78 is 5.61. The van der Waals surface area contributed by atoms with Gasteiger partial charge in [-0.15, -0.1) is 0 Å². The van der Waals surface area contributed by atoms with Crippen LogP contribution < -0.4 is 10.4 Å². The van der Waals surface area contributed by atoms with Crippen molar-refractivity contribution in [2.75, 3.05) is 0 Å². The van der Waals surface area contributed by atoms with Gasteiger partial charge in [-0.25, -0.2) is 0 Å². The van der Waals surface area contributed by atoms with Crippen molar-refractivity contribution >= 4 is 18.7 Å². The van der Waals surface area contributed by atoms with Gasteiger partial charge < -0.3 is 15.4 Å². The Hall–Kier alpha value is -1.66. The fourth-order valence-electron chi connectivity index (χ4n) is 4.03. The zero-order valence-electron chi connectivity index (χ0n) is 14.7. The largest absolute Gasteiger partial charge is 0.535 e. The van der Waals surface area contributed by atoms with Crippen LogP contribution in [0.5, 0.6) is 5.75 Å². The molecule has 1 aliphatic carbocycles. The summed E-state index contributed by atoms with van der Waals surface area (Å²) in [6, 6.07) is 5.70. The standard InChI is InChI=1S/C19H26BNO4/c1-12(22)18-4-2-3-14-10-15(20(24)25-19(14)18)11-17(23)9-13-5-7-16(21)8-6-13/h2-4,13,15-16,24H,5-11,21H2,1H3/t13?,15-,16?/m1/s1. The highest BCUT2D eigenvalue weighted by Gasteiger charge is 2.37. The van der Waals surface area contributed by atoms with Crippen molar-refractivity contribution in [1.29, 1.82) is 0 Å². The average molecular weight is 343 g/mol. The second-order valence-corrected chi connectivity index (χ2v) is 7.55. The molecule has 134 valence electrons. The molecule has 3 N–H and O–H groups in total. The average Bonchev–Trinajstić information content (AvgIpc) is 2.57. The van der Waals surface area contributed by atoms with Crippen LogP contribution in [0.1, 0.15) is 61.4 Å². The zero-order chi connectivity index (χ0) is 18.0. The lowest BCUT2D eigenvalue weighted by Gasteiger charge is -2.29. The van der Waals surface area contributed by atoms with E-state index in [1.54, 1.807) is 6.07 Å². The van der Waals surface area contributed by atoms with Crippen LogP contribution in [0.2, 0.25) is 5.82 Å². The molecule has 0 spiro atoms. The lowest BCUT2D eigenvalue weighted by atomic mass is 9.64. The summed E-state index contributed by atoms with van der Waals surface area (Å²) in [6.07, 6.45) is 5.45. The molecule has 1 heterocycles. The number of Topliss-reactive ketones (excluding diaryl/α,β-unsaturated/α-hetero) is 2. The summed E-state index contributed by atoms with van der Waals surface area (Å²) in [5, 5.41) is 10.3. The van der Waals surface area contributed by atoms with Crippen molar-refractivity contribution in [1.82, 2.24) is 0 Å². The first-order chi connectivity index (χ1) is 11.9. The van der Waals surface area contributed by atoms with E-state index in [4.69, 9.17) is 10.4 Å². The molecule has 3 rings (SSSR count). The molecule has 25 heavy (non-hydrogen) atoms. The van der Waals surface area contributed by atoms with E-state index in [2.05, 4.69) is 0 Å². The highest BCUT2D eigenvalue weighted by Crippen LogP contribution is 2.37. The number of ketones is 2. The van der Waals surface area contributed by atoms with Crippen LogP contribution in [-0.4, -0.2) is 29.8 Å². The third kappa shape index (κ3) is 4.31. The van der Waals surface area contributed by atoms with Crippen molar-refractivity contribution in [2.24, 2.45) is 11.7 Å². The topological polar surface area (TPSA) is 89.6 Å². The number of carbonyl (C=O) groups excluding carboxylic acids is 2. The smallest absolute Gasteiger partial charge is 0.526 e. The molecule has 1 saturated carbocycles. The van der Waals surface area contributed by atoms with Gasteiger partial charge in [0.05, 0.1) is 5.56 Å². The van der Waals surface area contributed by atoms with Gasteiger partial charge in [-0.1, -0.05) is 12.1 Å². The first kappa shape index (κ1) is 18.1.